The SMILES string of the molecule is CN(C)c1nc(NN)nc(Oc2ccc(F)c(F)c2)n1. The van der Waals surface area contributed by atoms with E-state index >= 15 is 0 Å². The molecule has 2 rings (SSSR count). The molecule has 1 aromatic carbocycles. The monoisotopic (exact) mass is 282 g/mol. The van der Waals surface area contributed by atoms with E-state index in [4.69, 9.17) is 10.6 Å². The Balaban J connectivity index is 2.32. The number of rotatable bonds is 4. The zero-order valence-electron chi connectivity index (χ0n) is 10.8. The second kappa shape index (κ2) is 5.61. The third-order valence-electron chi connectivity index (χ3n) is 2.23. The normalized spacial score (nSPS) is 10.2. The van der Waals surface area contributed by atoms with Gasteiger partial charge in [-0.2, -0.15) is 15.0 Å². The highest BCUT2D eigenvalue weighted by molar-refractivity contribution is 5.37. The summed E-state index contributed by atoms with van der Waals surface area (Å²) in [5.41, 5.74) is 2.27. The number of nitrogen functional groups attached to an aromatic ring is 1. The van der Waals surface area contributed by atoms with Gasteiger partial charge < -0.3 is 9.64 Å². The van der Waals surface area contributed by atoms with Gasteiger partial charge in [0.1, 0.15) is 5.75 Å². The Morgan fingerprint density at radius 2 is 1.90 bits per heavy atom. The fourth-order valence-corrected chi connectivity index (χ4v) is 1.30. The smallest absolute Gasteiger partial charge is 0.328 e. The van der Waals surface area contributed by atoms with E-state index < -0.39 is 11.6 Å². The minimum atomic E-state index is -1.03. The predicted octanol–water partition coefficient (Wildman–Crippen LogP) is 1.29. The van der Waals surface area contributed by atoms with E-state index in [1.807, 2.05) is 0 Å². The molecular formula is C11H12F2N6O. The van der Waals surface area contributed by atoms with Crippen molar-refractivity contribution in [3.63, 3.8) is 0 Å². The van der Waals surface area contributed by atoms with Gasteiger partial charge in [-0.25, -0.2) is 14.6 Å². The minimum absolute atomic E-state index is 0.0581. The molecule has 0 atom stereocenters. The third kappa shape index (κ3) is 3.06. The lowest BCUT2D eigenvalue weighted by Crippen LogP contribution is -2.17. The summed E-state index contributed by atoms with van der Waals surface area (Å²) < 4.78 is 31.2. The number of aromatic nitrogens is 3. The molecule has 0 saturated carbocycles. The topological polar surface area (TPSA) is 89.2 Å². The molecule has 7 nitrogen and oxygen atoms in total. The van der Waals surface area contributed by atoms with Gasteiger partial charge in [0.15, 0.2) is 11.6 Å². The number of hydrogen-bond donors (Lipinski definition) is 2. The van der Waals surface area contributed by atoms with Crippen LogP contribution in [0.5, 0.6) is 11.8 Å². The van der Waals surface area contributed by atoms with Crippen molar-refractivity contribution in [1.82, 2.24) is 15.0 Å². The van der Waals surface area contributed by atoms with Crippen LogP contribution < -0.4 is 20.9 Å². The molecule has 0 bridgehead atoms. The first kappa shape index (κ1) is 13.9. The van der Waals surface area contributed by atoms with E-state index in [0.717, 1.165) is 12.1 Å². The second-order valence-electron chi connectivity index (χ2n) is 3.96. The van der Waals surface area contributed by atoms with E-state index in [1.165, 1.54) is 6.07 Å². The number of ether oxygens (including phenoxy) is 1. The van der Waals surface area contributed by atoms with Crippen molar-refractivity contribution < 1.29 is 13.5 Å². The highest BCUT2D eigenvalue weighted by Crippen LogP contribution is 2.22. The van der Waals surface area contributed by atoms with Gasteiger partial charge in [0.2, 0.25) is 11.9 Å². The molecule has 3 N–H and O–H groups in total. The highest BCUT2D eigenvalue weighted by atomic mass is 19.2. The first-order valence-electron chi connectivity index (χ1n) is 5.52. The molecule has 9 heteroatoms. The molecule has 20 heavy (non-hydrogen) atoms. The van der Waals surface area contributed by atoms with Crippen LogP contribution in [-0.2, 0) is 0 Å². The molecule has 2 aromatic rings. The first-order chi connectivity index (χ1) is 9.49. The van der Waals surface area contributed by atoms with Gasteiger partial charge in [0, 0.05) is 20.2 Å². The number of hydrogen-bond acceptors (Lipinski definition) is 7. The molecule has 0 saturated heterocycles. The van der Waals surface area contributed by atoms with Gasteiger partial charge in [-0.05, 0) is 12.1 Å². The highest BCUT2D eigenvalue weighted by Gasteiger charge is 2.11. The van der Waals surface area contributed by atoms with Crippen molar-refractivity contribution in [2.24, 2.45) is 5.84 Å². The summed E-state index contributed by atoms with van der Waals surface area (Å²) in [6.07, 6.45) is 0. The maximum absolute atomic E-state index is 13.1. The molecular weight excluding hydrogens is 270 g/mol. The van der Waals surface area contributed by atoms with Crippen LogP contribution in [0.4, 0.5) is 20.7 Å². The van der Waals surface area contributed by atoms with Crippen molar-refractivity contribution in [1.29, 1.82) is 0 Å². The lowest BCUT2D eigenvalue weighted by molar-refractivity contribution is 0.430. The van der Waals surface area contributed by atoms with E-state index in [9.17, 15) is 8.78 Å². The summed E-state index contributed by atoms with van der Waals surface area (Å²) in [6.45, 7) is 0. The Bertz CT molecular complexity index is 622. The Hall–Kier alpha value is -2.55. The molecule has 0 amide bonds. The molecule has 0 unspecified atom stereocenters. The summed E-state index contributed by atoms with van der Waals surface area (Å²) in [5.74, 6) is 3.69. The molecule has 0 aliphatic heterocycles. The molecule has 106 valence electrons. The maximum atomic E-state index is 13.1. The van der Waals surface area contributed by atoms with Gasteiger partial charge >= 0.3 is 6.01 Å². The van der Waals surface area contributed by atoms with Crippen LogP contribution in [0, 0.1) is 11.6 Å². The Kier molecular flexibility index (Phi) is 3.89. The molecule has 1 aromatic heterocycles. The number of nitrogens with one attached hydrogen (secondary N) is 1. The van der Waals surface area contributed by atoms with Gasteiger partial charge in [-0.15, -0.1) is 0 Å². The Morgan fingerprint density at radius 1 is 1.15 bits per heavy atom. The van der Waals surface area contributed by atoms with Crippen LogP contribution in [-0.4, -0.2) is 29.0 Å². The van der Waals surface area contributed by atoms with Crippen LogP contribution in [0.15, 0.2) is 18.2 Å². The fraction of sp³-hybridized carbons (Fsp3) is 0.182. The molecule has 1 heterocycles. The fourth-order valence-electron chi connectivity index (χ4n) is 1.30. The van der Waals surface area contributed by atoms with Crippen molar-refractivity contribution in [3.8, 4) is 11.8 Å². The molecule has 0 spiro atoms. The van der Waals surface area contributed by atoms with Crippen molar-refractivity contribution in [3.05, 3.63) is 29.8 Å². The standard InChI is InChI=1S/C11H12F2N6O/c1-19(2)10-15-9(18-14)16-11(17-10)20-6-3-4-7(12)8(13)5-6/h3-5H,14H2,1-2H3,(H,15,16,17,18). The zero-order chi connectivity index (χ0) is 14.7. The molecule has 0 radical (unpaired) electrons. The van der Waals surface area contributed by atoms with E-state index in [0.29, 0.717) is 5.95 Å². The van der Waals surface area contributed by atoms with Crippen molar-refractivity contribution in [2.45, 2.75) is 0 Å². The van der Waals surface area contributed by atoms with E-state index in [2.05, 4.69) is 20.4 Å². The first-order valence-corrected chi connectivity index (χ1v) is 5.52. The van der Waals surface area contributed by atoms with Crippen molar-refractivity contribution >= 4 is 11.9 Å². The van der Waals surface area contributed by atoms with Gasteiger partial charge in [-0.1, -0.05) is 0 Å². The quantitative estimate of drug-likeness (QED) is 0.645. The molecule has 0 aliphatic rings. The van der Waals surface area contributed by atoms with E-state index in [1.54, 1.807) is 19.0 Å². The second-order valence-corrected chi connectivity index (χ2v) is 3.96. The largest absolute Gasteiger partial charge is 0.424 e. The number of nitrogens with zero attached hydrogens (tertiary/aromatic N) is 4. The average molecular weight is 282 g/mol. The maximum Gasteiger partial charge on any atom is 0.328 e. The summed E-state index contributed by atoms with van der Waals surface area (Å²) in [7, 11) is 3.44. The summed E-state index contributed by atoms with van der Waals surface area (Å²) in [5, 5.41) is 0. The number of anilines is 2. The van der Waals surface area contributed by atoms with Gasteiger partial charge in [0.25, 0.3) is 0 Å². The lowest BCUT2D eigenvalue weighted by atomic mass is 10.3. The van der Waals surface area contributed by atoms with Crippen LogP contribution in [0.1, 0.15) is 0 Å². The summed E-state index contributed by atoms with van der Waals surface area (Å²) in [4.78, 5) is 13.4. The van der Waals surface area contributed by atoms with E-state index in [-0.39, 0.29) is 17.7 Å². The minimum Gasteiger partial charge on any atom is -0.424 e. The van der Waals surface area contributed by atoms with Crippen LogP contribution in [0.25, 0.3) is 0 Å². The van der Waals surface area contributed by atoms with Crippen LogP contribution >= 0.6 is 0 Å². The number of nitrogens with two attached hydrogens (primary N) is 1. The van der Waals surface area contributed by atoms with Gasteiger partial charge in [-0.3, -0.25) is 5.43 Å². The number of hydrazine groups is 1. The Labute approximate surface area is 113 Å². The van der Waals surface area contributed by atoms with Gasteiger partial charge in [0.05, 0.1) is 0 Å². The van der Waals surface area contributed by atoms with Crippen LogP contribution in [0.2, 0.25) is 0 Å². The van der Waals surface area contributed by atoms with Crippen LogP contribution in [0.3, 0.4) is 0 Å². The number of benzene rings is 1. The average Bonchev–Trinajstić information content (AvgIpc) is 2.42. The number of halogens is 2. The summed E-state index contributed by atoms with van der Waals surface area (Å²) >= 11 is 0. The molecule has 0 aliphatic carbocycles. The summed E-state index contributed by atoms with van der Waals surface area (Å²) in [6, 6.07) is 3.00. The lowest BCUT2D eigenvalue weighted by Gasteiger charge is -2.12. The van der Waals surface area contributed by atoms with Crippen molar-refractivity contribution in [2.75, 3.05) is 24.4 Å². The Morgan fingerprint density at radius 3 is 2.50 bits per heavy atom. The predicted molar refractivity (Wildman–Crippen MR) is 68.4 cm³/mol. The molecule has 0 fully saturated rings. The third-order valence-corrected chi connectivity index (χ3v) is 2.23. The zero-order valence-corrected chi connectivity index (χ0v) is 10.8.